The van der Waals surface area contributed by atoms with Crippen molar-refractivity contribution in [3.63, 3.8) is 0 Å². The summed E-state index contributed by atoms with van der Waals surface area (Å²) >= 11 is 0. The summed E-state index contributed by atoms with van der Waals surface area (Å²) in [5.41, 5.74) is 4.73. The van der Waals surface area contributed by atoms with E-state index >= 15 is 0 Å². The molecule has 0 bridgehead atoms. The van der Waals surface area contributed by atoms with Crippen LogP contribution in [0.4, 0.5) is 0 Å². The highest BCUT2D eigenvalue weighted by Gasteiger charge is 1.94. The van der Waals surface area contributed by atoms with Gasteiger partial charge in [0.2, 0.25) is 5.91 Å². The molecule has 0 heterocycles. The topological polar surface area (TPSA) is 43.1 Å². The molecule has 0 aliphatic rings. The lowest BCUT2D eigenvalue weighted by molar-refractivity contribution is -0.118. The van der Waals surface area contributed by atoms with Gasteiger partial charge in [-0.2, -0.15) is 0 Å². The predicted octanol–water partition coefficient (Wildman–Crippen LogP) is 5.51. The lowest BCUT2D eigenvalue weighted by Crippen LogP contribution is -2.09. The Morgan fingerprint density at radius 3 is 2.00 bits per heavy atom. The van der Waals surface area contributed by atoms with E-state index in [1.54, 1.807) is 0 Å². The number of primary amides is 1. The van der Waals surface area contributed by atoms with Crippen LogP contribution in [0.15, 0.2) is 12.1 Å². The zero-order chi connectivity index (χ0) is 44.2. The fourth-order valence-electron chi connectivity index (χ4n) is 0.499. The molecular weight excluding hydrogens is 246 g/mol. The molecule has 0 aromatic rings. The maximum atomic E-state index is 11.5. The normalized spacial score (nSPS) is 47.3. The third kappa shape index (κ3) is 17.2. The van der Waals surface area contributed by atoms with E-state index < -0.39 is 114 Å². The lowest BCUT2D eigenvalue weighted by Gasteiger charge is -1.99. The molecule has 0 atom stereocenters. The van der Waals surface area contributed by atoms with Gasteiger partial charge in [0.05, 0.1) is 2.74 Å². The Morgan fingerprint density at radius 1 is 0.950 bits per heavy atom. The van der Waals surface area contributed by atoms with Crippen LogP contribution in [0.3, 0.4) is 0 Å². The van der Waals surface area contributed by atoms with Crippen molar-refractivity contribution >= 4 is 5.91 Å². The fraction of sp³-hybridized carbons (Fsp3) is 0.833. The number of rotatable bonds is 15. The van der Waals surface area contributed by atoms with Gasteiger partial charge < -0.3 is 5.73 Å². The smallest absolute Gasteiger partial charge is 0.217 e. The molecule has 0 aromatic heterocycles. The molecule has 20 heavy (non-hydrogen) atoms. The minimum Gasteiger partial charge on any atom is -0.370 e. The van der Waals surface area contributed by atoms with E-state index in [9.17, 15) is 4.79 Å². The van der Waals surface area contributed by atoms with Crippen LogP contribution in [0.1, 0.15) is 141 Å². The maximum absolute atomic E-state index is 11.5. The van der Waals surface area contributed by atoms with Gasteiger partial charge in [0.15, 0.2) is 0 Å². The summed E-state index contributed by atoms with van der Waals surface area (Å²) in [5.74, 6) is -2.25. The van der Waals surface area contributed by atoms with Crippen molar-refractivity contribution in [1.82, 2.24) is 0 Å². The van der Waals surface area contributed by atoms with Crippen LogP contribution in [0.5, 0.6) is 0 Å². The van der Waals surface area contributed by atoms with Gasteiger partial charge >= 0.3 is 0 Å². The largest absolute Gasteiger partial charge is 0.370 e. The van der Waals surface area contributed by atoms with Crippen LogP contribution in [0.2, 0.25) is 0 Å². The van der Waals surface area contributed by atoms with E-state index in [4.69, 9.17) is 51.0 Å². The molecule has 2 nitrogen and oxygen atoms in total. The predicted molar refractivity (Wildman–Crippen MR) is 88.6 cm³/mol. The second-order valence-corrected chi connectivity index (χ2v) is 2.36. The first kappa shape index (κ1) is 2.43. The summed E-state index contributed by atoms with van der Waals surface area (Å²) in [6, 6.07) is -5.09. The first-order valence-electron chi connectivity index (χ1n) is 21.2. The van der Waals surface area contributed by atoms with Gasteiger partial charge in [-0.15, -0.1) is 0 Å². The van der Waals surface area contributed by atoms with Gasteiger partial charge in [-0.3, -0.25) is 4.79 Å². The molecule has 0 radical (unpaired) electrons. The average molecular weight is 315 g/mol. The van der Waals surface area contributed by atoms with Crippen molar-refractivity contribution < 1.29 is 50.0 Å². The molecule has 0 spiro atoms. The average Bonchev–Trinajstić information content (AvgIpc) is 2.93. The van der Waals surface area contributed by atoms with Gasteiger partial charge in [-0.1, -0.05) is 69.9 Å². The van der Waals surface area contributed by atoms with E-state index in [-0.39, 0.29) is 0 Å². The van der Waals surface area contributed by atoms with Crippen LogP contribution in [0.25, 0.3) is 0 Å². The maximum Gasteiger partial charge on any atom is 0.217 e. The van der Waals surface area contributed by atoms with E-state index in [2.05, 4.69) is 0 Å². The Balaban J connectivity index is 7.71. The Labute approximate surface area is 172 Å². The molecule has 0 rings (SSSR count). The molecule has 0 aliphatic carbocycles. The number of amides is 1. The van der Waals surface area contributed by atoms with Crippen molar-refractivity contribution in [1.29, 1.82) is 0 Å². The molecule has 118 valence electrons. The first-order chi connectivity index (χ1) is 22.3. The van der Waals surface area contributed by atoms with Gasteiger partial charge in [0.25, 0.3) is 0 Å². The molecule has 0 unspecified atom stereocenters. The number of hydrogen-bond donors (Lipinski definition) is 1. The van der Waals surface area contributed by atoms with Crippen LogP contribution < -0.4 is 5.73 Å². The van der Waals surface area contributed by atoms with E-state index in [0.717, 1.165) is 0 Å². The fourth-order valence-corrected chi connectivity index (χ4v) is 0.499. The van der Waals surface area contributed by atoms with Crippen molar-refractivity contribution in [2.75, 3.05) is 0 Å². The minimum absolute atomic E-state index is 2.25. The van der Waals surface area contributed by atoms with Crippen molar-refractivity contribution in [3.8, 4) is 0 Å². The summed E-state index contributed by atoms with van der Waals surface area (Å²) in [5, 5.41) is 0. The van der Waals surface area contributed by atoms with Crippen molar-refractivity contribution in [3.05, 3.63) is 12.1 Å². The summed E-state index contributed by atoms with van der Waals surface area (Å²) < 4.78 is 261. The van der Waals surface area contributed by atoms with Crippen LogP contribution >= 0.6 is 0 Å². The zero-order valence-corrected chi connectivity index (χ0v) is 9.99. The number of allylic oxidation sites excluding steroid dienone is 2. The lowest BCUT2D eigenvalue weighted by atomic mass is 10.1. The van der Waals surface area contributed by atoms with Crippen LogP contribution in [0, 0.1) is 0 Å². The van der Waals surface area contributed by atoms with Crippen molar-refractivity contribution in [2.24, 2.45) is 5.73 Å². The second kappa shape index (κ2) is 16.3. The van der Waals surface area contributed by atoms with E-state index in [1.165, 1.54) is 0 Å². The molecule has 0 aliphatic heterocycles. The highest BCUT2D eigenvalue weighted by Crippen LogP contribution is 2.09. The summed E-state index contributed by atoms with van der Waals surface area (Å²) in [4.78, 5) is 11.5. The molecule has 0 saturated carbocycles. The summed E-state index contributed by atoms with van der Waals surface area (Å²) in [6.45, 7) is -4.08. The Hall–Kier alpha value is -0.790. The minimum atomic E-state index is -4.91. The zero-order valence-electron chi connectivity index (χ0n) is 43.0. The summed E-state index contributed by atoms with van der Waals surface area (Å²) in [6.07, 6.45) is -65.7. The Bertz CT molecular complexity index is 1430. The quantitative estimate of drug-likeness (QED) is 0.398. The first-order valence-corrected chi connectivity index (χ1v) is 4.74. The van der Waals surface area contributed by atoms with Gasteiger partial charge in [-0.25, -0.2) is 0 Å². The molecular formula is C18H35NO. The van der Waals surface area contributed by atoms with Gasteiger partial charge in [-0.05, 0) is 31.9 Å². The summed E-state index contributed by atoms with van der Waals surface area (Å²) in [7, 11) is 0. The molecule has 0 fully saturated rings. The van der Waals surface area contributed by atoms with Gasteiger partial charge in [0, 0.05) is 48.9 Å². The number of nitrogens with two attached hydrogens (primary N) is 1. The van der Waals surface area contributed by atoms with Crippen molar-refractivity contribution in [2.45, 2.75) is 96.1 Å². The number of hydrogen-bond acceptors (Lipinski definition) is 1. The third-order valence-electron chi connectivity index (χ3n) is 1.06. The second-order valence-electron chi connectivity index (χ2n) is 2.36. The molecule has 0 saturated heterocycles. The molecule has 2 N–H and O–H groups in total. The highest BCUT2D eigenvalue weighted by molar-refractivity contribution is 5.73. The Kier molecular flexibility index (Phi) is 1.98. The van der Waals surface area contributed by atoms with Gasteiger partial charge in [0.1, 0.15) is 0 Å². The van der Waals surface area contributed by atoms with Crippen LogP contribution in [-0.4, -0.2) is 5.91 Å². The number of carbonyl (C=O) groups is 1. The highest BCUT2D eigenvalue weighted by atomic mass is 16.1. The molecule has 1 amide bonds. The van der Waals surface area contributed by atoms with Crippen LogP contribution in [-0.2, 0) is 4.79 Å². The van der Waals surface area contributed by atoms with E-state index in [0.29, 0.717) is 0 Å². The SMILES string of the molecule is [2H]/C(=C(\[2H])C([2H])([2H])C([2H])([2H])C([2H])([2H])C([2H])([2H])C([2H])([2H])C([2H])([2H])C([2H])([2H])C([2H])([2H])[2H])C([2H])([2H])C([2H])([2H])C([2H])([2H])C([2H])([2H])C([2H])([2H])C([2H])([2H])C([2H])([2H])C(N)=O. The Morgan fingerprint density at radius 2 is 1.45 bits per heavy atom. The molecule has 0 aromatic carbocycles. The third-order valence-corrected chi connectivity index (χ3v) is 1.06. The number of carbonyl (C=O) groups excluding carboxylic acids is 1. The monoisotopic (exact) mass is 314 g/mol. The molecule has 2 heteroatoms. The standard InChI is InChI=1S/C18H35NO/c1-2-3-4-5-6-7-8-9-10-11-12-13-14-15-16-17-18(19)20/h9-10H,2-8,11-17H2,1H3,(H2,19,20)/b10-9-/i1D3,2D2,3D2,4D2,5D2,6D2,7D2,8D2,9D,10D,11D2,12D2,13D2,14D2,15D2,16D2,17D2. The van der Waals surface area contributed by atoms with E-state index in [1.807, 2.05) is 0 Å².